The van der Waals surface area contributed by atoms with E-state index in [0.717, 1.165) is 12.0 Å². The first-order valence-electron chi connectivity index (χ1n) is 3.89. The highest BCUT2D eigenvalue weighted by atomic mass is 32.2. The lowest BCUT2D eigenvalue weighted by atomic mass is 10.2. The van der Waals surface area contributed by atoms with Crippen molar-refractivity contribution in [2.24, 2.45) is 0 Å². The van der Waals surface area contributed by atoms with E-state index in [1.165, 1.54) is 0 Å². The Kier molecular flexibility index (Phi) is 0.942. The van der Waals surface area contributed by atoms with E-state index in [4.69, 9.17) is 0 Å². The van der Waals surface area contributed by atoms with Crippen molar-refractivity contribution in [3.05, 3.63) is 24.0 Å². The number of hydrogen-bond donors (Lipinski definition) is 0. The maximum Gasteiger partial charge on any atom is 0.182 e. The van der Waals surface area contributed by atoms with Crippen LogP contribution in [0.15, 0.2) is 23.4 Å². The Morgan fingerprint density at radius 2 is 2.33 bits per heavy atom. The Hall–Kier alpha value is -0.900. The highest BCUT2D eigenvalue weighted by molar-refractivity contribution is 7.92. The van der Waals surface area contributed by atoms with Crippen molar-refractivity contribution in [2.45, 2.75) is 22.5 Å². The van der Waals surface area contributed by atoms with E-state index in [2.05, 4.69) is 4.98 Å². The van der Waals surface area contributed by atoms with E-state index in [1.54, 1.807) is 18.5 Å². The van der Waals surface area contributed by atoms with Crippen LogP contribution in [0.2, 0.25) is 0 Å². The van der Waals surface area contributed by atoms with Crippen LogP contribution in [-0.2, 0) is 9.84 Å². The highest BCUT2D eigenvalue weighted by Gasteiger charge is 2.56. The first-order chi connectivity index (χ1) is 5.71. The lowest BCUT2D eigenvalue weighted by Gasteiger charge is -1.99. The molecular weight excluding hydrogens is 174 g/mol. The van der Waals surface area contributed by atoms with Crippen LogP contribution in [0.4, 0.5) is 0 Å². The van der Waals surface area contributed by atoms with Gasteiger partial charge in [-0.05, 0) is 18.1 Å². The zero-order valence-electron chi connectivity index (χ0n) is 6.27. The van der Waals surface area contributed by atoms with E-state index in [-0.39, 0.29) is 11.2 Å². The Balaban J connectivity index is 2.40. The van der Waals surface area contributed by atoms with Crippen molar-refractivity contribution < 1.29 is 8.42 Å². The van der Waals surface area contributed by atoms with Gasteiger partial charge in [-0.25, -0.2) is 8.42 Å². The third-order valence-electron chi connectivity index (χ3n) is 2.65. The third-order valence-corrected chi connectivity index (χ3v) is 4.95. The van der Waals surface area contributed by atoms with Crippen LogP contribution >= 0.6 is 0 Å². The summed E-state index contributed by atoms with van der Waals surface area (Å²) in [6.45, 7) is 0. The van der Waals surface area contributed by atoms with Gasteiger partial charge in [0.25, 0.3) is 0 Å². The van der Waals surface area contributed by atoms with Crippen LogP contribution in [0, 0.1) is 0 Å². The number of pyridine rings is 1. The fourth-order valence-electron chi connectivity index (χ4n) is 1.94. The molecule has 3 rings (SSSR count). The minimum Gasteiger partial charge on any atom is -0.264 e. The standard InChI is InChI=1S/C8H7NO2S/c10-12(11)7-1-2-9-4-6(7)5-3-8(5)12/h1-2,4-5,8H,3H2/t5-,8?/m1/s1. The summed E-state index contributed by atoms with van der Waals surface area (Å²) in [5.41, 5.74) is 0.933. The molecule has 0 aromatic carbocycles. The molecule has 2 atom stereocenters. The van der Waals surface area contributed by atoms with Gasteiger partial charge in [0.2, 0.25) is 0 Å². The summed E-state index contributed by atoms with van der Waals surface area (Å²) < 4.78 is 23.2. The lowest BCUT2D eigenvalue weighted by molar-refractivity contribution is 0.597. The molecule has 0 N–H and O–H groups in total. The maximum absolute atomic E-state index is 11.6. The van der Waals surface area contributed by atoms with Crippen LogP contribution in [0.25, 0.3) is 0 Å². The second-order valence-electron chi connectivity index (χ2n) is 3.34. The molecule has 0 bridgehead atoms. The number of rotatable bonds is 0. The number of nitrogens with zero attached hydrogens (tertiary/aromatic N) is 1. The molecule has 0 radical (unpaired) electrons. The van der Waals surface area contributed by atoms with E-state index < -0.39 is 9.84 Å². The molecule has 2 aliphatic rings. The van der Waals surface area contributed by atoms with Gasteiger partial charge in [-0.2, -0.15) is 0 Å². The van der Waals surface area contributed by atoms with Crippen molar-refractivity contribution >= 4 is 9.84 Å². The Bertz CT molecular complexity index is 452. The van der Waals surface area contributed by atoms with Crippen molar-refractivity contribution in [3.63, 3.8) is 0 Å². The molecular formula is C8H7NO2S. The third kappa shape index (κ3) is 0.579. The molecule has 1 unspecified atom stereocenters. The normalized spacial score (nSPS) is 34.0. The number of hydrogen-bond acceptors (Lipinski definition) is 3. The minimum absolute atomic E-state index is 0.114. The van der Waals surface area contributed by atoms with Crippen molar-refractivity contribution in [2.75, 3.05) is 0 Å². The van der Waals surface area contributed by atoms with Crippen LogP contribution in [0.1, 0.15) is 17.9 Å². The molecule has 0 saturated heterocycles. The summed E-state index contributed by atoms with van der Waals surface area (Å²) in [5.74, 6) is 0.263. The fraction of sp³-hybridized carbons (Fsp3) is 0.375. The molecule has 1 saturated carbocycles. The topological polar surface area (TPSA) is 47.0 Å². The Morgan fingerprint density at radius 1 is 1.50 bits per heavy atom. The van der Waals surface area contributed by atoms with Gasteiger partial charge in [0.1, 0.15) is 0 Å². The van der Waals surface area contributed by atoms with Crippen LogP contribution in [0.3, 0.4) is 0 Å². The SMILES string of the molecule is O=S1(=O)c2ccncc2[C@H]2CC21. The monoisotopic (exact) mass is 181 g/mol. The van der Waals surface area contributed by atoms with Gasteiger partial charge in [0.15, 0.2) is 9.84 Å². The van der Waals surface area contributed by atoms with Crippen molar-refractivity contribution in [1.29, 1.82) is 0 Å². The second kappa shape index (κ2) is 1.71. The molecule has 0 spiro atoms. The average molecular weight is 181 g/mol. The first kappa shape index (κ1) is 6.60. The van der Waals surface area contributed by atoms with E-state index in [1.807, 2.05) is 0 Å². The first-order valence-corrected chi connectivity index (χ1v) is 5.44. The van der Waals surface area contributed by atoms with Gasteiger partial charge in [0, 0.05) is 18.3 Å². The highest BCUT2D eigenvalue weighted by Crippen LogP contribution is 2.55. The predicted molar refractivity (Wildman–Crippen MR) is 42.6 cm³/mol. The van der Waals surface area contributed by atoms with Gasteiger partial charge in [0.05, 0.1) is 10.1 Å². The number of aromatic nitrogens is 1. The smallest absolute Gasteiger partial charge is 0.182 e. The average Bonchev–Trinajstić information content (AvgIpc) is 2.80. The summed E-state index contributed by atoms with van der Waals surface area (Å²) in [6, 6.07) is 1.61. The van der Waals surface area contributed by atoms with Gasteiger partial charge >= 0.3 is 0 Å². The summed E-state index contributed by atoms with van der Waals surface area (Å²) in [4.78, 5) is 4.45. The molecule has 3 nitrogen and oxygen atoms in total. The maximum atomic E-state index is 11.6. The fourth-order valence-corrected chi connectivity index (χ4v) is 4.09. The summed E-state index contributed by atoms with van der Waals surface area (Å²) >= 11 is 0. The van der Waals surface area contributed by atoms with E-state index in [0.29, 0.717) is 4.90 Å². The van der Waals surface area contributed by atoms with Crippen molar-refractivity contribution in [3.8, 4) is 0 Å². The molecule has 1 aliphatic heterocycles. The second-order valence-corrected chi connectivity index (χ2v) is 5.47. The minimum atomic E-state index is -2.95. The summed E-state index contributed by atoms with van der Waals surface area (Å²) in [6.07, 6.45) is 4.03. The number of fused-ring (bicyclic) bond motifs is 3. The van der Waals surface area contributed by atoms with Gasteiger partial charge < -0.3 is 0 Å². The molecule has 1 aromatic heterocycles. The lowest BCUT2D eigenvalue weighted by Crippen LogP contribution is -2.03. The molecule has 2 heterocycles. The summed E-state index contributed by atoms with van der Waals surface area (Å²) in [7, 11) is -2.95. The van der Waals surface area contributed by atoms with Gasteiger partial charge in [-0.3, -0.25) is 4.98 Å². The van der Waals surface area contributed by atoms with Gasteiger partial charge in [-0.15, -0.1) is 0 Å². The molecule has 1 aliphatic carbocycles. The predicted octanol–water partition coefficient (Wildman–Crippen LogP) is 0.725. The molecule has 1 fully saturated rings. The van der Waals surface area contributed by atoms with Crippen LogP contribution < -0.4 is 0 Å². The Labute approximate surface area is 70.4 Å². The van der Waals surface area contributed by atoms with E-state index >= 15 is 0 Å². The van der Waals surface area contributed by atoms with E-state index in [9.17, 15) is 8.42 Å². The molecule has 62 valence electrons. The zero-order valence-corrected chi connectivity index (χ0v) is 7.08. The Morgan fingerprint density at radius 3 is 3.08 bits per heavy atom. The largest absolute Gasteiger partial charge is 0.264 e. The summed E-state index contributed by atoms with van der Waals surface area (Å²) in [5, 5.41) is -0.114. The van der Waals surface area contributed by atoms with Crippen molar-refractivity contribution in [1.82, 2.24) is 4.98 Å². The molecule has 12 heavy (non-hydrogen) atoms. The molecule has 4 heteroatoms. The number of sulfone groups is 1. The van der Waals surface area contributed by atoms with Gasteiger partial charge in [-0.1, -0.05) is 0 Å². The molecule has 0 amide bonds. The zero-order chi connectivity index (χ0) is 8.34. The van der Waals surface area contributed by atoms with Crippen LogP contribution in [-0.4, -0.2) is 18.7 Å². The quantitative estimate of drug-likeness (QED) is 0.592. The molecule has 1 aromatic rings. The van der Waals surface area contributed by atoms with Crippen LogP contribution in [0.5, 0.6) is 0 Å².